The fraction of sp³-hybridized carbons (Fsp3) is 0.647. The zero-order valence-corrected chi connectivity index (χ0v) is 12.4. The van der Waals surface area contributed by atoms with E-state index in [2.05, 4.69) is 45.4 Å². The molecule has 2 saturated heterocycles. The average Bonchev–Trinajstić information content (AvgIpc) is 2.90. The van der Waals surface area contributed by atoms with E-state index in [0.29, 0.717) is 6.04 Å². The van der Waals surface area contributed by atoms with E-state index in [0.717, 1.165) is 13.1 Å². The Balaban J connectivity index is 1.64. The summed E-state index contributed by atoms with van der Waals surface area (Å²) in [5.41, 5.74) is 1.46. The summed E-state index contributed by atoms with van der Waals surface area (Å²) < 4.78 is 0. The van der Waals surface area contributed by atoms with Gasteiger partial charge in [0, 0.05) is 32.2 Å². The molecule has 1 N–H and O–H groups in total. The van der Waals surface area contributed by atoms with Gasteiger partial charge in [-0.05, 0) is 44.5 Å². The Bertz CT molecular complexity index is 386. The van der Waals surface area contributed by atoms with Crippen molar-refractivity contribution in [1.29, 1.82) is 0 Å². The first-order valence-electron chi connectivity index (χ1n) is 8.15. The van der Waals surface area contributed by atoms with E-state index in [1.54, 1.807) is 0 Å². The van der Waals surface area contributed by atoms with Crippen LogP contribution < -0.4 is 5.32 Å². The Labute approximate surface area is 123 Å². The Morgan fingerprint density at radius 2 is 1.75 bits per heavy atom. The molecule has 110 valence electrons. The number of hydrogen-bond acceptors (Lipinski definition) is 3. The van der Waals surface area contributed by atoms with E-state index < -0.39 is 0 Å². The average molecular weight is 273 g/mol. The summed E-state index contributed by atoms with van der Waals surface area (Å²) in [6.45, 7) is 8.53. The molecule has 1 aromatic carbocycles. The van der Waals surface area contributed by atoms with E-state index >= 15 is 0 Å². The molecule has 2 aliphatic heterocycles. The number of rotatable bonds is 4. The number of nitrogens with zero attached hydrogens (tertiary/aromatic N) is 2. The third-order valence-corrected chi connectivity index (χ3v) is 4.66. The number of benzene rings is 1. The third kappa shape index (κ3) is 3.60. The Morgan fingerprint density at radius 1 is 0.950 bits per heavy atom. The van der Waals surface area contributed by atoms with Crippen LogP contribution in [0.5, 0.6) is 0 Å². The first-order valence-corrected chi connectivity index (χ1v) is 8.15. The molecular weight excluding hydrogens is 246 g/mol. The molecule has 2 aliphatic rings. The van der Waals surface area contributed by atoms with Crippen molar-refractivity contribution in [3.05, 3.63) is 35.9 Å². The van der Waals surface area contributed by atoms with Gasteiger partial charge in [-0.15, -0.1) is 0 Å². The molecule has 20 heavy (non-hydrogen) atoms. The van der Waals surface area contributed by atoms with Gasteiger partial charge >= 0.3 is 0 Å². The van der Waals surface area contributed by atoms with E-state index in [-0.39, 0.29) is 0 Å². The van der Waals surface area contributed by atoms with Gasteiger partial charge in [-0.1, -0.05) is 30.3 Å². The lowest BCUT2D eigenvalue weighted by Gasteiger charge is -2.31. The van der Waals surface area contributed by atoms with Crippen molar-refractivity contribution >= 4 is 0 Å². The molecule has 1 unspecified atom stereocenters. The van der Waals surface area contributed by atoms with Crippen LogP contribution in [0.3, 0.4) is 0 Å². The van der Waals surface area contributed by atoms with Gasteiger partial charge in [-0.3, -0.25) is 4.90 Å². The van der Waals surface area contributed by atoms with Gasteiger partial charge in [-0.25, -0.2) is 0 Å². The Morgan fingerprint density at radius 3 is 2.55 bits per heavy atom. The topological polar surface area (TPSA) is 18.5 Å². The van der Waals surface area contributed by atoms with Crippen LogP contribution in [-0.4, -0.2) is 55.6 Å². The molecule has 3 nitrogen and oxygen atoms in total. The molecule has 3 rings (SSSR count). The second-order valence-electron chi connectivity index (χ2n) is 6.07. The summed E-state index contributed by atoms with van der Waals surface area (Å²) in [6.07, 6.45) is 4.05. The standard InChI is InChI=1S/C17H27N3/c1-2-7-16(8-3-1)17-15-18-9-6-12-20(17)14-13-19-10-4-5-11-19/h1-3,7-8,17-18H,4-6,9-15H2. The fourth-order valence-corrected chi connectivity index (χ4v) is 3.48. The van der Waals surface area contributed by atoms with Crippen molar-refractivity contribution in [2.24, 2.45) is 0 Å². The van der Waals surface area contributed by atoms with E-state index in [9.17, 15) is 0 Å². The van der Waals surface area contributed by atoms with Gasteiger partial charge in [0.2, 0.25) is 0 Å². The predicted molar refractivity (Wildman–Crippen MR) is 83.9 cm³/mol. The first kappa shape index (κ1) is 14.1. The van der Waals surface area contributed by atoms with Crippen LogP contribution in [0, 0.1) is 0 Å². The molecule has 0 radical (unpaired) electrons. The maximum atomic E-state index is 3.60. The lowest BCUT2D eigenvalue weighted by atomic mass is 10.1. The quantitative estimate of drug-likeness (QED) is 0.906. The van der Waals surface area contributed by atoms with Crippen molar-refractivity contribution < 1.29 is 0 Å². The fourth-order valence-electron chi connectivity index (χ4n) is 3.48. The molecule has 0 aliphatic carbocycles. The minimum absolute atomic E-state index is 0.543. The molecule has 0 saturated carbocycles. The van der Waals surface area contributed by atoms with Crippen LogP contribution in [0.15, 0.2) is 30.3 Å². The van der Waals surface area contributed by atoms with Gasteiger partial charge in [0.1, 0.15) is 0 Å². The van der Waals surface area contributed by atoms with Crippen molar-refractivity contribution in [1.82, 2.24) is 15.1 Å². The summed E-state index contributed by atoms with van der Waals surface area (Å²) in [6, 6.07) is 11.5. The molecule has 0 aromatic heterocycles. The van der Waals surface area contributed by atoms with Gasteiger partial charge in [0.05, 0.1) is 0 Å². The van der Waals surface area contributed by atoms with Gasteiger partial charge < -0.3 is 10.2 Å². The number of hydrogen-bond donors (Lipinski definition) is 1. The second kappa shape index (κ2) is 7.21. The Hall–Kier alpha value is -0.900. The highest BCUT2D eigenvalue weighted by molar-refractivity contribution is 5.19. The van der Waals surface area contributed by atoms with E-state index in [4.69, 9.17) is 0 Å². The van der Waals surface area contributed by atoms with Gasteiger partial charge in [0.25, 0.3) is 0 Å². The van der Waals surface area contributed by atoms with Crippen LogP contribution in [0.2, 0.25) is 0 Å². The summed E-state index contributed by atoms with van der Waals surface area (Å²) >= 11 is 0. The Kier molecular flexibility index (Phi) is 5.06. The highest BCUT2D eigenvalue weighted by Crippen LogP contribution is 2.22. The van der Waals surface area contributed by atoms with Crippen molar-refractivity contribution in [2.45, 2.75) is 25.3 Å². The minimum Gasteiger partial charge on any atom is -0.315 e. The molecule has 0 amide bonds. The van der Waals surface area contributed by atoms with Gasteiger partial charge in [0.15, 0.2) is 0 Å². The molecule has 1 atom stereocenters. The molecule has 3 heteroatoms. The van der Waals surface area contributed by atoms with E-state index in [1.807, 2.05) is 0 Å². The lowest BCUT2D eigenvalue weighted by Crippen LogP contribution is -2.38. The summed E-state index contributed by atoms with van der Waals surface area (Å²) in [5, 5.41) is 3.60. The van der Waals surface area contributed by atoms with Crippen molar-refractivity contribution in [3.63, 3.8) is 0 Å². The summed E-state index contributed by atoms with van der Waals surface area (Å²) in [5.74, 6) is 0. The minimum atomic E-state index is 0.543. The monoisotopic (exact) mass is 273 g/mol. The van der Waals surface area contributed by atoms with Crippen molar-refractivity contribution in [3.8, 4) is 0 Å². The maximum absolute atomic E-state index is 3.60. The highest BCUT2D eigenvalue weighted by Gasteiger charge is 2.23. The highest BCUT2D eigenvalue weighted by atomic mass is 15.2. The van der Waals surface area contributed by atoms with Crippen LogP contribution in [0.25, 0.3) is 0 Å². The molecule has 2 heterocycles. The maximum Gasteiger partial charge on any atom is 0.0473 e. The largest absolute Gasteiger partial charge is 0.315 e. The smallest absolute Gasteiger partial charge is 0.0473 e. The van der Waals surface area contributed by atoms with Crippen LogP contribution in [0.1, 0.15) is 30.9 Å². The SMILES string of the molecule is c1ccc(C2CNCCCN2CCN2CCCC2)cc1. The molecule has 1 aromatic rings. The molecular formula is C17H27N3. The zero-order valence-electron chi connectivity index (χ0n) is 12.4. The molecule has 0 spiro atoms. The molecule has 0 bridgehead atoms. The second-order valence-corrected chi connectivity index (χ2v) is 6.07. The number of likely N-dealkylation sites (tertiary alicyclic amines) is 1. The summed E-state index contributed by atoms with van der Waals surface area (Å²) in [4.78, 5) is 5.31. The molecule has 2 fully saturated rings. The number of nitrogens with one attached hydrogen (secondary N) is 1. The van der Waals surface area contributed by atoms with E-state index in [1.165, 1.54) is 57.5 Å². The first-order chi connectivity index (χ1) is 9.93. The van der Waals surface area contributed by atoms with Gasteiger partial charge in [-0.2, -0.15) is 0 Å². The lowest BCUT2D eigenvalue weighted by molar-refractivity contribution is 0.180. The van der Waals surface area contributed by atoms with Crippen LogP contribution in [-0.2, 0) is 0 Å². The predicted octanol–water partition coefficient (Wildman–Crippen LogP) is 2.12. The van der Waals surface area contributed by atoms with Crippen LogP contribution >= 0.6 is 0 Å². The van der Waals surface area contributed by atoms with Crippen LogP contribution in [0.4, 0.5) is 0 Å². The summed E-state index contributed by atoms with van der Waals surface area (Å²) in [7, 11) is 0. The normalized spacial score (nSPS) is 25.7. The zero-order chi connectivity index (χ0) is 13.6. The van der Waals surface area contributed by atoms with Crippen molar-refractivity contribution in [2.75, 3.05) is 45.8 Å². The third-order valence-electron chi connectivity index (χ3n) is 4.66.